The van der Waals surface area contributed by atoms with Gasteiger partial charge in [-0.2, -0.15) is 5.10 Å². The minimum atomic E-state index is -0.740. The first-order valence-corrected chi connectivity index (χ1v) is 6.20. The number of carbonyl (C=O) groups is 1. The van der Waals surface area contributed by atoms with Gasteiger partial charge in [0.2, 0.25) is 0 Å². The van der Waals surface area contributed by atoms with Crippen molar-refractivity contribution in [1.29, 1.82) is 0 Å². The number of urea groups is 1. The van der Waals surface area contributed by atoms with Gasteiger partial charge in [-0.3, -0.25) is 0 Å². The van der Waals surface area contributed by atoms with Crippen LogP contribution in [-0.4, -0.2) is 12.2 Å². The van der Waals surface area contributed by atoms with Crippen LogP contribution in [0.5, 0.6) is 5.75 Å². The number of rotatable bonds is 5. The average molecular weight is 287 g/mol. The van der Waals surface area contributed by atoms with Gasteiger partial charge in [-0.25, -0.2) is 14.6 Å². The summed E-state index contributed by atoms with van der Waals surface area (Å²) in [6.45, 7) is 0.300. The minimum absolute atomic E-state index is 0.288. The molecule has 0 atom stereocenters. The maximum Gasteiger partial charge on any atom is 0.332 e. The van der Waals surface area contributed by atoms with Gasteiger partial charge in [0.15, 0.2) is 0 Å². The number of benzene rings is 2. The van der Waals surface area contributed by atoms with E-state index in [1.54, 1.807) is 24.3 Å². The number of hydrogen-bond donors (Lipinski definition) is 2. The SMILES string of the molecule is NC(=O)NN=Cc1ccccc1OCc1ccc(F)cc1. The van der Waals surface area contributed by atoms with E-state index in [9.17, 15) is 9.18 Å². The lowest BCUT2D eigenvalue weighted by Crippen LogP contribution is -2.24. The van der Waals surface area contributed by atoms with E-state index in [0.717, 1.165) is 5.56 Å². The average Bonchev–Trinajstić information content (AvgIpc) is 2.47. The summed E-state index contributed by atoms with van der Waals surface area (Å²) in [7, 11) is 0. The van der Waals surface area contributed by atoms with Gasteiger partial charge >= 0.3 is 6.03 Å². The number of nitrogens with zero attached hydrogens (tertiary/aromatic N) is 1. The Labute approximate surface area is 121 Å². The van der Waals surface area contributed by atoms with Crippen molar-refractivity contribution in [1.82, 2.24) is 5.43 Å². The van der Waals surface area contributed by atoms with Crippen LogP contribution in [0.1, 0.15) is 11.1 Å². The molecule has 2 amide bonds. The normalized spacial score (nSPS) is 10.5. The molecule has 0 aliphatic rings. The van der Waals surface area contributed by atoms with Gasteiger partial charge in [0.05, 0.1) is 6.21 Å². The maximum absolute atomic E-state index is 12.8. The number of para-hydroxylation sites is 1. The van der Waals surface area contributed by atoms with Crippen molar-refractivity contribution < 1.29 is 13.9 Å². The van der Waals surface area contributed by atoms with Crippen molar-refractivity contribution >= 4 is 12.2 Å². The van der Waals surface area contributed by atoms with E-state index >= 15 is 0 Å². The lowest BCUT2D eigenvalue weighted by atomic mass is 10.2. The number of nitrogens with two attached hydrogens (primary N) is 1. The fraction of sp³-hybridized carbons (Fsp3) is 0.0667. The minimum Gasteiger partial charge on any atom is -0.488 e. The molecule has 0 unspecified atom stereocenters. The monoisotopic (exact) mass is 287 g/mol. The quantitative estimate of drug-likeness (QED) is 0.654. The summed E-state index contributed by atoms with van der Waals surface area (Å²) < 4.78 is 18.5. The Balaban J connectivity index is 2.04. The Morgan fingerprint density at radius 1 is 1.24 bits per heavy atom. The van der Waals surface area contributed by atoms with Crippen molar-refractivity contribution in [2.45, 2.75) is 6.61 Å². The van der Waals surface area contributed by atoms with Crippen LogP contribution in [-0.2, 0) is 6.61 Å². The summed E-state index contributed by atoms with van der Waals surface area (Å²) >= 11 is 0. The highest BCUT2D eigenvalue weighted by molar-refractivity contribution is 5.84. The molecule has 21 heavy (non-hydrogen) atoms. The van der Waals surface area contributed by atoms with E-state index in [1.807, 2.05) is 12.1 Å². The van der Waals surface area contributed by atoms with Crippen molar-refractivity contribution in [3.63, 3.8) is 0 Å². The van der Waals surface area contributed by atoms with Gasteiger partial charge in [0, 0.05) is 5.56 Å². The molecule has 0 fully saturated rings. The molecule has 2 rings (SSSR count). The maximum atomic E-state index is 12.8. The van der Waals surface area contributed by atoms with E-state index in [4.69, 9.17) is 10.5 Å². The van der Waals surface area contributed by atoms with Crippen molar-refractivity contribution in [2.24, 2.45) is 10.8 Å². The predicted octanol–water partition coefficient (Wildman–Crippen LogP) is 2.41. The molecular weight excluding hydrogens is 273 g/mol. The van der Waals surface area contributed by atoms with Crippen LogP contribution in [0.4, 0.5) is 9.18 Å². The third kappa shape index (κ3) is 4.61. The van der Waals surface area contributed by atoms with Crippen molar-refractivity contribution in [3.05, 3.63) is 65.5 Å². The molecule has 0 heterocycles. The largest absolute Gasteiger partial charge is 0.488 e. The molecule has 0 spiro atoms. The number of hydrogen-bond acceptors (Lipinski definition) is 3. The summed E-state index contributed by atoms with van der Waals surface area (Å²) in [5.41, 5.74) is 8.56. The fourth-order valence-electron chi connectivity index (χ4n) is 1.63. The van der Waals surface area contributed by atoms with E-state index in [2.05, 4.69) is 10.5 Å². The zero-order valence-electron chi connectivity index (χ0n) is 11.1. The molecule has 2 aromatic rings. The molecule has 0 aliphatic heterocycles. The zero-order chi connectivity index (χ0) is 15.1. The first kappa shape index (κ1) is 14.5. The Kier molecular flexibility index (Phi) is 4.87. The van der Waals surface area contributed by atoms with E-state index < -0.39 is 6.03 Å². The number of primary amides is 1. The Hall–Kier alpha value is -2.89. The lowest BCUT2D eigenvalue weighted by Gasteiger charge is -2.08. The van der Waals surface area contributed by atoms with Crippen LogP contribution in [0.2, 0.25) is 0 Å². The van der Waals surface area contributed by atoms with Gasteiger partial charge in [-0.1, -0.05) is 24.3 Å². The molecule has 0 bridgehead atoms. The summed E-state index contributed by atoms with van der Waals surface area (Å²) in [5, 5.41) is 3.69. The number of nitrogens with one attached hydrogen (secondary N) is 1. The molecule has 5 nitrogen and oxygen atoms in total. The Morgan fingerprint density at radius 2 is 1.95 bits per heavy atom. The van der Waals surface area contributed by atoms with Crippen LogP contribution < -0.4 is 15.9 Å². The molecule has 0 radical (unpaired) electrons. The standard InChI is InChI=1S/C15H14FN3O2/c16-13-7-5-11(6-8-13)10-21-14-4-2-1-3-12(14)9-18-19-15(17)20/h1-9H,10H2,(H3,17,19,20). The van der Waals surface area contributed by atoms with Gasteiger partial charge in [-0.05, 0) is 29.8 Å². The Bertz CT molecular complexity index is 642. The van der Waals surface area contributed by atoms with Gasteiger partial charge < -0.3 is 10.5 Å². The summed E-state index contributed by atoms with van der Waals surface area (Å²) in [6.07, 6.45) is 1.44. The highest BCUT2D eigenvalue weighted by Gasteiger charge is 2.02. The number of carbonyl (C=O) groups excluding carboxylic acids is 1. The first-order chi connectivity index (χ1) is 10.1. The second kappa shape index (κ2) is 7.04. The highest BCUT2D eigenvalue weighted by Crippen LogP contribution is 2.17. The van der Waals surface area contributed by atoms with Crippen LogP contribution in [0, 0.1) is 5.82 Å². The fourth-order valence-corrected chi connectivity index (χ4v) is 1.63. The summed E-state index contributed by atoms with van der Waals surface area (Å²) in [5.74, 6) is 0.306. The van der Waals surface area contributed by atoms with E-state index in [-0.39, 0.29) is 5.82 Å². The van der Waals surface area contributed by atoms with Crippen LogP contribution in [0.25, 0.3) is 0 Å². The highest BCUT2D eigenvalue weighted by atomic mass is 19.1. The smallest absolute Gasteiger partial charge is 0.332 e. The topological polar surface area (TPSA) is 76.7 Å². The molecular formula is C15H14FN3O2. The second-order valence-corrected chi connectivity index (χ2v) is 4.19. The van der Waals surface area contributed by atoms with E-state index in [0.29, 0.717) is 17.9 Å². The molecule has 2 aromatic carbocycles. The van der Waals surface area contributed by atoms with Gasteiger partial charge in [0.25, 0.3) is 0 Å². The second-order valence-electron chi connectivity index (χ2n) is 4.19. The summed E-state index contributed by atoms with van der Waals surface area (Å²) in [6, 6.07) is 12.5. The van der Waals surface area contributed by atoms with Gasteiger partial charge in [-0.15, -0.1) is 0 Å². The molecule has 6 heteroatoms. The Morgan fingerprint density at radius 3 is 2.67 bits per heavy atom. The number of ether oxygens (including phenoxy) is 1. The van der Waals surface area contributed by atoms with Crippen LogP contribution >= 0.6 is 0 Å². The molecule has 0 aromatic heterocycles. The molecule has 0 aliphatic carbocycles. The first-order valence-electron chi connectivity index (χ1n) is 6.20. The van der Waals surface area contributed by atoms with Crippen molar-refractivity contribution in [3.8, 4) is 5.75 Å². The number of halogens is 1. The third-order valence-electron chi connectivity index (χ3n) is 2.60. The van der Waals surface area contributed by atoms with E-state index in [1.165, 1.54) is 18.3 Å². The lowest BCUT2D eigenvalue weighted by molar-refractivity contribution is 0.249. The summed E-state index contributed by atoms with van der Waals surface area (Å²) in [4.78, 5) is 10.5. The molecule has 108 valence electrons. The predicted molar refractivity (Wildman–Crippen MR) is 77.5 cm³/mol. The molecule has 0 saturated carbocycles. The van der Waals surface area contributed by atoms with Crippen LogP contribution in [0.15, 0.2) is 53.6 Å². The third-order valence-corrected chi connectivity index (χ3v) is 2.60. The zero-order valence-corrected chi connectivity index (χ0v) is 11.1. The number of hydrazone groups is 1. The van der Waals surface area contributed by atoms with Crippen LogP contribution in [0.3, 0.4) is 0 Å². The number of amides is 2. The van der Waals surface area contributed by atoms with Crippen molar-refractivity contribution in [2.75, 3.05) is 0 Å². The molecule has 3 N–H and O–H groups in total. The van der Waals surface area contributed by atoms with Gasteiger partial charge in [0.1, 0.15) is 18.2 Å². The molecule has 0 saturated heterocycles.